The van der Waals surface area contributed by atoms with Crippen molar-refractivity contribution < 1.29 is 24.2 Å². The quantitative estimate of drug-likeness (QED) is 0.193. The molecule has 0 saturated heterocycles. The van der Waals surface area contributed by atoms with Crippen LogP contribution in [0, 0.1) is 0 Å². The Bertz CT molecular complexity index is 1310. The molecule has 38 heavy (non-hydrogen) atoms. The first-order chi connectivity index (χ1) is 18.2. The van der Waals surface area contributed by atoms with Crippen molar-refractivity contribution in [1.29, 1.82) is 0 Å². The van der Waals surface area contributed by atoms with Gasteiger partial charge in [-0.15, -0.1) is 0 Å². The molecule has 3 aromatic carbocycles. The summed E-state index contributed by atoms with van der Waals surface area (Å²) in [5.41, 5.74) is 3.88. The van der Waals surface area contributed by atoms with Gasteiger partial charge in [-0.2, -0.15) is 5.10 Å². The fraction of sp³-hybridized carbons (Fsp3) is 0.222. The van der Waals surface area contributed by atoms with Crippen molar-refractivity contribution in [3.05, 3.63) is 86.3 Å². The molecule has 0 aliphatic heterocycles. The molecule has 0 heterocycles. The van der Waals surface area contributed by atoms with Crippen molar-refractivity contribution in [2.24, 2.45) is 5.10 Å². The molecule has 0 bridgehead atoms. The topological polar surface area (TPSA) is 109 Å². The van der Waals surface area contributed by atoms with Gasteiger partial charge in [0.1, 0.15) is 11.8 Å². The monoisotopic (exact) mass is 621 g/mol. The zero-order valence-electron chi connectivity index (χ0n) is 20.6. The zero-order valence-corrected chi connectivity index (χ0v) is 23.7. The Morgan fingerprint density at radius 3 is 2.50 bits per heavy atom. The molecule has 11 heteroatoms. The minimum atomic E-state index is -0.949. The highest BCUT2D eigenvalue weighted by Gasteiger charge is 2.25. The minimum Gasteiger partial charge on any atom is -0.503 e. The molecule has 0 saturated carbocycles. The van der Waals surface area contributed by atoms with E-state index >= 15 is 0 Å². The van der Waals surface area contributed by atoms with Crippen molar-refractivity contribution >= 4 is 57.2 Å². The van der Waals surface area contributed by atoms with Crippen molar-refractivity contribution in [3.8, 4) is 17.2 Å². The van der Waals surface area contributed by atoms with Crippen LogP contribution in [0.5, 0.6) is 17.2 Å². The van der Waals surface area contributed by atoms with E-state index in [4.69, 9.17) is 32.7 Å². The van der Waals surface area contributed by atoms with E-state index in [1.807, 2.05) is 30.3 Å². The SMILES string of the molecule is CCOc1cc(/C=N\NC(=O)[C@H](Cc2ccccc2)NC(=O)[C@H](C)Oc2ccc(Cl)cc2Cl)cc(Br)c1O. The largest absolute Gasteiger partial charge is 0.503 e. The molecule has 0 aromatic heterocycles. The molecule has 3 rings (SSSR count). The van der Waals surface area contributed by atoms with Crippen molar-refractivity contribution in [3.63, 3.8) is 0 Å². The van der Waals surface area contributed by atoms with Crippen LogP contribution in [0.4, 0.5) is 0 Å². The van der Waals surface area contributed by atoms with Gasteiger partial charge in [0.25, 0.3) is 11.8 Å². The number of benzene rings is 3. The lowest BCUT2D eigenvalue weighted by Gasteiger charge is -2.21. The maximum Gasteiger partial charge on any atom is 0.262 e. The Morgan fingerprint density at radius 1 is 1.08 bits per heavy atom. The summed E-state index contributed by atoms with van der Waals surface area (Å²) < 4.78 is 11.5. The van der Waals surface area contributed by atoms with Crippen LogP contribution in [-0.2, 0) is 16.0 Å². The van der Waals surface area contributed by atoms with Crippen LogP contribution in [0.15, 0.2) is 70.2 Å². The van der Waals surface area contributed by atoms with Gasteiger partial charge < -0.3 is 19.9 Å². The normalized spacial score (nSPS) is 12.6. The van der Waals surface area contributed by atoms with Gasteiger partial charge in [-0.3, -0.25) is 9.59 Å². The van der Waals surface area contributed by atoms with Gasteiger partial charge in [0.15, 0.2) is 17.6 Å². The lowest BCUT2D eigenvalue weighted by Crippen LogP contribution is -2.50. The van der Waals surface area contributed by atoms with E-state index in [9.17, 15) is 14.7 Å². The molecular formula is C27H26BrCl2N3O5. The summed E-state index contributed by atoms with van der Waals surface area (Å²) in [5.74, 6) is -0.509. The second-order valence-corrected chi connectivity index (χ2v) is 9.80. The molecule has 3 aromatic rings. The van der Waals surface area contributed by atoms with Gasteiger partial charge in [-0.25, -0.2) is 5.43 Å². The number of nitrogens with zero attached hydrogens (tertiary/aromatic N) is 1. The number of nitrogens with one attached hydrogen (secondary N) is 2. The third-order valence-electron chi connectivity index (χ3n) is 5.22. The Labute approximate surface area is 239 Å². The Balaban J connectivity index is 1.72. The molecule has 2 amide bonds. The third kappa shape index (κ3) is 8.37. The molecule has 3 N–H and O–H groups in total. The number of carbonyl (C=O) groups is 2. The lowest BCUT2D eigenvalue weighted by molar-refractivity contribution is -0.132. The standard InChI is InChI=1S/C27H26BrCl2N3O5/c1-3-37-24-13-18(11-20(28)25(24)34)15-31-33-27(36)22(12-17-7-5-4-6-8-17)32-26(35)16(2)38-23-10-9-19(29)14-21(23)30/h4-11,13-16,22,34H,3,12H2,1-2H3,(H,32,35)(H,33,36)/b31-15-/t16-,22-/m0/s1. The van der Waals surface area contributed by atoms with Gasteiger partial charge in [-0.05, 0) is 71.2 Å². The second kappa shape index (κ2) is 14.0. The number of rotatable bonds is 11. The Hall–Kier alpha value is -3.27. The van der Waals surface area contributed by atoms with Gasteiger partial charge >= 0.3 is 0 Å². The highest BCUT2D eigenvalue weighted by molar-refractivity contribution is 9.10. The summed E-state index contributed by atoms with van der Waals surface area (Å²) in [7, 11) is 0. The number of aromatic hydroxyl groups is 1. The molecule has 0 aliphatic rings. The number of hydrogen-bond donors (Lipinski definition) is 3. The summed E-state index contributed by atoms with van der Waals surface area (Å²) in [6.07, 6.45) is 0.677. The van der Waals surface area contributed by atoms with Crippen LogP contribution < -0.4 is 20.2 Å². The van der Waals surface area contributed by atoms with Crippen molar-refractivity contribution in [2.75, 3.05) is 6.61 Å². The van der Waals surface area contributed by atoms with E-state index in [-0.39, 0.29) is 22.9 Å². The van der Waals surface area contributed by atoms with Gasteiger partial charge in [0, 0.05) is 11.4 Å². The first-order valence-corrected chi connectivity index (χ1v) is 13.2. The lowest BCUT2D eigenvalue weighted by atomic mass is 10.1. The molecule has 0 fully saturated rings. The molecule has 0 aliphatic carbocycles. The number of ether oxygens (including phenoxy) is 2. The molecule has 0 radical (unpaired) electrons. The van der Waals surface area contributed by atoms with Crippen LogP contribution in [0.1, 0.15) is 25.0 Å². The predicted molar refractivity (Wildman–Crippen MR) is 151 cm³/mol. The van der Waals surface area contributed by atoms with Crippen LogP contribution in [-0.4, -0.2) is 41.9 Å². The van der Waals surface area contributed by atoms with Crippen molar-refractivity contribution in [1.82, 2.24) is 10.7 Å². The number of halogens is 3. The average molecular weight is 623 g/mol. The first-order valence-electron chi connectivity index (χ1n) is 11.6. The fourth-order valence-electron chi connectivity index (χ4n) is 3.35. The summed E-state index contributed by atoms with van der Waals surface area (Å²) in [5, 5.41) is 17.5. The molecule has 0 unspecified atom stereocenters. The molecule has 0 spiro atoms. The highest BCUT2D eigenvalue weighted by atomic mass is 79.9. The maximum absolute atomic E-state index is 13.0. The summed E-state index contributed by atoms with van der Waals surface area (Å²) in [6, 6.07) is 16.2. The highest BCUT2D eigenvalue weighted by Crippen LogP contribution is 2.35. The Kier molecular flexibility index (Phi) is 10.8. The predicted octanol–water partition coefficient (Wildman–Crippen LogP) is 5.51. The van der Waals surface area contributed by atoms with Crippen LogP contribution >= 0.6 is 39.1 Å². The number of phenolic OH excluding ortho intramolecular Hbond substituents is 1. The average Bonchev–Trinajstić information content (AvgIpc) is 2.88. The Morgan fingerprint density at radius 2 is 1.82 bits per heavy atom. The third-order valence-corrected chi connectivity index (χ3v) is 6.36. The minimum absolute atomic E-state index is 0.0325. The number of phenols is 1. The summed E-state index contributed by atoms with van der Waals surface area (Å²) in [6.45, 7) is 3.71. The summed E-state index contributed by atoms with van der Waals surface area (Å²) in [4.78, 5) is 26.0. The van der Waals surface area contributed by atoms with E-state index in [0.29, 0.717) is 27.4 Å². The number of amides is 2. The maximum atomic E-state index is 13.0. The van der Waals surface area contributed by atoms with E-state index < -0.39 is 24.0 Å². The molecular weight excluding hydrogens is 597 g/mol. The van der Waals surface area contributed by atoms with E-state index in [2.05, 4.69) is 31.8 Å². The second-order valence-electron chi connectivity index (χ2n) is 8.10. The van der Waals surface area contributed by atoms with E-state index in [1.54, 1.807) is 38.1 Å². The van der Waals surface area contributed by atoms with Crippen LogP contribution in [0.3, 0.4) is 0 Å². The van der Waals surface area contributed by atoms with Crippen LogP contribution in [0.25, 0.3) is 0 Å². The molecule has 2 atom stereocenters. The number of hydrazone groups is 1. The van der Waals surface area contributed by atoms with Gasteiger partial charge in [0.05, 0.1) is 22.3 Å². The zero-order chi connectivity index (χ0) is 27.7. The molecule has 8 nitrogen and oxygen atoms in total. The molecule has 200 valence electrons. The number of hydrogen-bond acceptors (Lipinski definition) is 6. The van der Waals surface area contributed by atoms with Crippen LogP contribution in [0.2, 0.25) is 10.0 Å². The van der Waals surface area contributed by atoms with Gasteiger partial charge in [0.2, 0.25) is 0 Å². The fourth-order valence-corrected chi connectivity index (χ4v) is 4.26. The van der Waals surface area contributed by atoms with Gasteiger partial charge in [-0.1, -0.05) is 53.5 Å². The van der Waals surface area contributed by atoms with E-state index in [0.717, 1.165) is 5.56 Å². The van der Waals surface area contributed by atoms with E-state index in [1.165, 1.54) is 12.3 Å². The summed E-state index contributed by atoms with van der Waals surface area (Å²) >= 11 is 15.3. The van der Waals surface area contributed by atoms with Crippen molar-refractivity contribution in [2.45, 2.75) is 32.4 Å². The number of carbonyl (C=O) groups excluding carboxylic acids is 2. The smallest absolute Gasteiger partial charge is 0.262 e. The first kappa shape index (κ1) is 29.3.